The van der Waals surface area contributed by atoms with Crippen LogP contribution in [-0.4, -0.2) is 0 Å². The van der Waals surface area contributed by atoms with Crippen molar-refractivity contribution in [1.29, 1.82) is 0 Å². The molecule has 564 valence electrons. The summed E-state index contributed by atoms with van der Waals surface area (Å²) in [4.78, 5) is 5.02. The van der Waals surface area contributed by atoms with Gasteiger partial charge in [-0.25, -0.2) is 0 Å². The Morgan fingerprint density at radius 2 is 0.525 bits per heavy atom. The van der Waals surface area contributed by atoms with Crippen LogP contribution in [-0.2, 0) is 10.8 Å². The molecule has 2 atom stereocenters. The largest absolute Gasteiger partial charge is 0.310 e. The summed E-state index contributed by atoms with van der Waals surface area (Å²) < 4.78 is 0. The Labute approximate surface area is 701 Å². The van der Waals surface area contributed by atoms with Crippen LogP contribution in [0, 0.1) is 0 Å². The predicted octanol–water partition coefficient (Wildman–Crippen LogP) is 32.1. The minimum Gasteiger partial charge on any atom is -0.310 e. The third-order valence-corrected chi connectivity index (χ3v) is 25.9. The number of fused-ring (bicyclic) bond motifs is 9. The van der Waals surface area contributed by atoms with Gasteiger partial charge in [-0.05, 0) is 241 Å². The molecule has 0 radical (unpaired) electrons. The zero-order valence-electron chi connectivity index (χ0n) is 66.8. The minimum atomic E-state index is -0.532. The lowest BCUT2D eigenvalue weighted by Crippen LogP contribution is -2.22. The summed E-state index contributed by atoms with van der Waals surface area (Å²) in [6, 6.07) is 171. The predicted molar refractivity (Wildman–Crippen MR) is 507 cm³/mol. The molecule has 0 bridgehead atoms. The summed E-state index contributed by atoms with van der Waals surface area (Å²) in [6.45, 7) is 4.86. The fourth-order valence-electron chi connectivity index (χ4n) is 19.9. The molecule has 0 saturated heterocycles. The first-order valence-corrected chi connectivity index (χ1v) is 41.8. The topological polar surface area (TPSA) is 6.48 Å². The fourth-order valence-corrected chi connectivity index (χ4v) is 19.9. The maximum absolute atomic E-state index is 2.53. The van der Waals surface area contributed by atoms with Gasteiger partial charge in [-0.1, -0.05) is 394 Å². The molecule has 2 heteroatoms. The van der Waals surface area contributed by atoms with E-state index < -0.39 is 5.41 Å². The third kappa shape index (κ3) is 12.0. The SMILES string of the molecule is CC1(c2ccccc2)c2ccccc2-c2c(N(c3ccc(-c4ccccc4-c4ccccc4)cc3)c3cccc(-c4ccc(-c5cccc6c(-c7ccc8c(c7)C(C)(c7ccccc7)c7cccc(N(c9ccc(-c%10cccc%11ccccc%10%11)cc9)c9ccccc9-c9ccc(-c%10ccc%11ccccc%11c%10)cc9)c7-8)cccc56)cc4)c3)cccc21. The highest BCUT2D eigenvalue weighted by molar-refractivity contribution is 6.07. The average molecular weight is 1530 g/mol. The van der Waals surface area contributed by atoms with Gasteiger partial charge in [0.25, 0.3) is 0 Å². The Balaban J connectivity index is 0.631. The van der Waals surface area contributed by atoms with E-state index in [1.54, 1.807) is 0 Å². The molecule has 0 heterocycles. The lowest BCUT2D eigenvalue weighted by molar-refractivity contribution is 0.714. The van der Waals surface area contributed by atoms with Gasteiger partial charge < -0.3 is 9.80 Å². The van der Waals surface area contributed by atoms with Crippen molar-refractivity contribution in [3.8, 4) is 111 Å². The van der Waals surface area contributed by atoms with Crippen LogP contribution in [0.1, 0.15) is 47.2 Å². The van der Waals surface area contributed by atoms with Crippen molar-refractivity contribution >= 4 is 66.4 Å². The first-order chi connectivity index (χ1) is 59.3. The van der Waals surface area contributed by atoms with Gasteiger partial charge in [-0.2, -0.15) is 0 Å². The van der Waals surface area contributed by atoms with Crippen LogP contribution in [0.15, 0.2) is 461 Å². The van der Waals surface area contributed by atoms with E-state index in [1.807, 2.05) is 0 Å². The number of hydrogen-bond acceptors (Lipinski definition) is 2. The number of hydrogen-bond donors (Lipinski definition) is 0. The number of nitrogens with zero attached hydrogens (tertiary/aromatic N) is 2. The molecule has 2 aliphatic carbocycles. The van der Waals surface area contributed by atoms with Crippen LogP contribution in [0.2, 0.25) is 0 Å². The molecule has 120 heavy (non-hydrogen) atoms. The number of anilines is 6. The fraction of sp³-hybridized carbons (Fsp3) is 0.0339. The van der Waals surface area contributed by atoms with Gasteiger partial charge in [0.05, 0.1) is 17.1 Å². The van der Waals surface area contributed by atoms with E-state index in [0.717, 1.165) is 61.9 Å². The van der Waals surface area contributed by atoms with Crippen LogP contribution in [0.4, 0.5) is 34.1 Å². The van der Waals surface area contributed by atoms with E-state index in [1.165, 1.54) is 149 Å². The minimum absolute atomic E-state index is 0.370. The number of benzene rings is 20. The molecule has 2 unspecified atom stereocenters. The third-order valence-electron chi connectivity index (χ3n) is 25.9. The number of para-hydroxylation sites is 1. The smallest absolute Gasteiger partial charge is 0.0543 e. The highest BCUT2D eigenvalue weighted by Gasteiger charge is 2.45. The van der Waals surface area contributed by atoms with Gasteiger partial charge in [0.2, 0.25) is 0 Å². The molecule has 0 saturated carbocycles. The molecule has 0 fully saturated rings. The molecule has 2 aliphatic rings. The van der Waals surface area contributed by atoms with Crippen molar-refractivity contribution < 1.29 is 0 Å². The first-order valence-electron chi connectivity index (χ1n) is 41.8. The van der Waals surface area contributed by atoms with Crippen molar-refractivity contribution in [1.82, 2.24) is 0 Å². The molecule has 2 nitrogen and oxygen atoms in total. The van der Waals surface area contributed by atoms with Gasteiger partial charge in [0.15, 0.2) is 0 Å². The Morgan fingerprint density at radius 1 is 0.167 bits per heavy atom. The highest BCUT2D eigenvalue weighted by atomic mass is 15.2. The summed E-state index contributed by atoms with van der Waals surface area (Å²) in [5, 5.41) is 7.35. The van der Waals surface area contributed by atoms with Crippen molar-refractivity contribution in [2.45, 2.75) is 24.7 Å². The van der Waals surface area contributed by atoms with Gasteiger partial charge in [0.1, 0.15) is 0 Å². The molecule has 20 aromatic carbocycles. The number of rotatable bonds is 16. The first kappa shape index (κ1) is 71.3. The standard InChI is InChI=1S/C118H82N2/c1-117(92-35-8-4-9-36-92)108-50-20-18-44-106(108)115-109(117)51-26-54-113(115)119(94-71-66-85(67-72-94)99-42-17-16-41-97(99)82-29-6-3-7-30-82)96-39-22-34-89(77-96)80-56-61-84(62-57-80)101-46-24-49-105-102(47-25-48-104(101)105)91-70-75-107-111(78-91)118(2,93-37-10-5-11-38-93)110-52-27-55-114(116(107)110)120(95-73-68-86(69-74-95)100-45-23-33-83-31-14-15-40-98(83)100)112-53-21-19-43-103(112)87-63-58-81(59-64-87)90-65-60-79-28-12-13-32-88(79)76-90/h3-78H,1-2H3. The molecule has 0 N–H and O–H groups in total. The molecule has 20 aromatic rings. The molecular formula is C118H82N2. The van der Waals surface area contributed by atoms with Crippen LogP contribution < -0.4 is 9.80 Å². The summed E-state index contributed by atoms with van der Waals surface area (Å²) in [7, 11) is 0. The highest BCUT2D eigenvalue weighted by Crippen LogP contribution is 2.60. The van der Waals surface area contributed by atoms with E-state index in [-0.39, 0.29) is 5.41 Å². The normalized spacial score (nSPS) is 14.3. The van der Waals surface area contributed by atoms with Gasteiger partial charge in [0, 0.05) is 44.6 Å². The van der Waals surface area contributed by atoms with Crippen molar-refractivity contribution in [2.24, 2.45) is 0 Å². The molecule has 0 aromatic heterocycles. The summed E-state index contributed by atoms with van der Waals surface area (Å²) in [5.74, 6) is 0. The Hall–Kier alpha value is -15.2. The maximum Gasteiger partial charge on any atom is 0.0543 e. The van der Waals surface area contributed by atoms with E-state index in [0.29, 0.717) is 0 Å². The maximum atomic E-state index is 2.53. The molecular weight excluding hydrogens is 1450 g/mol. The quantitative estimate of drug-likeness (QED) is 0.0951. The monoisotopic (exact) mass is 1530 g/mol. The van der Waals surface area contributed by atoms with E-state index in [4.69, 9.17) is 0 Å². The van der Waals surface area contributed by atoms with Crippen molar-refractivity contribution in [3.63, 3.8) is 0 Å². The summed E-state index contributed by atoms with van der Waals surface area (Å²) >= 11 is 0. The lowest BCUT2D eigenvalue weighted by atomic mass is 9.73. The van der Waals surface area contributed by atoms with E-state index in [9.17, 15) is 0 Å². The average Bonchev–Trinajstić information content (AvgIpc) is 1.53. The van der Waals surface area contributed by atoms with Crippen LogP contribution in [0.5, 0.6) is 0 Å². The second-order valence-electron chi connectivity index (χ2n) is 32.4. The Bertz CT molecular complexity index is 7330. The van der Waals surface area contributed by atoms with E-state index in [2.05, 4.69) is 485 Å². The molecule has 0 spiro atoms. The Morgan fingerprint density at radius 3 is 1.16 bits per heavy atom. The van der Waals surface area contributed by atoms with Crippen LogP contribution in [0.3, 0.4) is 0 Å². The molecule has 0 amide bonds. The lowest BCUT2D eigenvalue weighted by Gasteiger charge is -2.31. The van der Waals surface area contributed by atoms with Crippen molar-refractivity contribution in [3.05, 3.63) is 494 Å². The van der Waals surface area contributed by atoms with Gasteiger partial charge in [-0.3, -0.25) is 0 Å². The van der Waals surface area contributed by atoms with Crippen molar-refractivity contribution in [2.75, 3.05) is 9.80 Å². The second kappa shape index (κ2) is 29.5. The van der Waals surface area contributed by atoms with E-state index >= 15 is 0 Å². The summed E-state index contributed by atoms with van der Waals surface area (Å²) in [5.41, 5.74) is 37.1. The zero-order chi connectivity index (χ0) is 79.8. The molecule has 0 aliphatic heterocycles. The zero-order valence-corrected chi connectivity index (χ0v) is 66.8. The summed E-state index contributed by atoms with van der Waals surface area (Å²) in [6.07, 6.45) is 0. The van der Waals surface area contributed by atoms with Crippen LogP contribution in [0.25, 0.3) is 144 Å². The van der Waals surface area contributed by atoms with Crippen LogP contribution >= 0.6 is 0 Å². The molecule has 22 rings (SSSR count). The van der Waals surface area contributed by atoms with Gasteiger partial charge in [-0.15, -0.1) is 0 Å². The Kier molecular flexibility index (Phi) is 17.5. The second-order valence-corrected chi connectivity index (χ2v) is 32.4. The van der Waals surface area contributed by atoms with Gasteiger partial charge >= 0.3 is 0 Å².